The normalized spacial score (nSPS) is 10.4. The second-order valence-corrected chi connectivity index (χ2v) is 5.67. The van der Waals surface area contributed by atoms with E-state index in [4.69, 9.17) is 28.9 Å². The van der Waals surface area contributed by atoms with Crippen LogP contribution in [0.4, 0.5) is 15.8 Å². The fourth-order valence-electron chi connectivity index (χ4n) is 1.57. The monoisotopic (exact) mass is 376 g/mol. The van der Waals surface area contributed by atoms with E-state index < -0.39 is 11.7 Å². The molecule has 20 heavy (non-hydrogen) atoms. The quantitative estimate of drug-likeness (QED) is 0.587. The zero-order valence-electron chi connectivity index (χ0n) is 9.88. The summed E-state index contributed by atoms with van der Waals surface area (Å²) in [6.45, 7) is 0. The Morgan fingerprint density at radius 1 is 1.20 bits per heavy atom. The molecule has 1 amide bonds. The number of nitrogens with two attached hydrogens (primary N) is 1. The van der Waals surface area contributed by atoms with E-state index in [1.165, 1.54) is 12.1 Å². The summed E-state index contributed by atoms with van der Waals surface area (Å²) in [4.78, 5) is 12.1. The van der Waals surface area contributed by atoms with Gasteiger partial charge in [-0.2, -0.15) is 0 Å². The van der Waals surface area contributed by atoms with Crippen LogP contribution in [0.1, 0.15) is 10.4 Å². The van der Waals surface area contributed by atoms with E-state index >= 15 is 0 Å². The van der Waals surface area contributed by atoms with Crippen LogP contribution in [0.3, 0.4) is 0 Å². The Morgan fingerprint density at radius 2 is 1.80 bits per heavy atom. The topological polar surface area (TPSA) is 55.1 Å². The molecule has 2 aromatic carbocycles. The lowest BCUT2D eigenvalue weighted by Gasteiger charge is -2.09. The van der Waals surface area contributed by atoms with Gasteiger partial charge in [-0.3, -0.25) is 4.79 Å². The number of amides is 1. The van der Waals surface area contributed by atoms with Crippen molar-refractivity contribution in [2.75, 3.05) is 11.1 Å². The molecule has 0 aliphatic rings. The Bertz CT molecular complexity index is 671. The van der Waals surface area contributed by atoms with Crippen molar-refractivity contribution < 1.29 is 9.18 Å². The van der Waals surface area contributed by atoms with Crippen molar-refractivity contribution in [1.82, 2.24) is 0 Å². The number of carbonyl (C=O) groups excluding carboxylic acids is 1. The molecule has 2 rings (SSSR count). The van der Waals surface area contributed by atoms with Gasteiger partial charge in [0.2, 0.25) is 0 Å². The Hall–Kier alpha value is -1.30. The van der Waals surface area contributed by atoms with Gasteiger partial charge in [-0.15, -0.1) is 0 Å². The summed E-state index contributed by atoms with van der Waals surface area (Å²) in [6.07, 6.45) is 0. The van der Waals surface area contributed by atoms with Gasteiger partial charge in [-0.05, 0) is 30.3 Å². The van der Waals surface area contributed by atoms with Crippen molar-refractivity contribution in [3.8, 4) is 0 Å². The SMILES string of the molecule is Nc1cc(Br)ccc1C(=O)Nc1cc(Cl)c(F)c(Cl)c1. The molecule has 0 fully saturated rings. The molecule has 0 saturated heterocycles. The number of anilines is 2. The van der Waals surface area contributed by atoms with Crippen LogP contribution in [0, 0.1) is 5.82 Å². The highest BCUT2D eigenvalue weighted by Crippen LogP contribution is 2.28. The molecular weight excluding hydrogens is 370 g/mol. The first kappa shape index (κ1) is 15.1. The summed E-state index contributed by atoms with van der Waals surface area (Å²) < 4.78 is 14.0. The third-order valence-corrected chi connectivity index (χ3v) is 3.54. The van der Waals surface area contributed by atoms with Crippen molar-refractivity contribution in [1.29, 1.82) is 0 Å². The van der Waals surface area contributed by atoms with E-state index in [2.05, 4.69) is 21.2 Å². The summed E-state index contributed by atoms with van der Waals surface area (Å²) in [7, 11) is 0. The number of benzene rings is 2. The highest BCUT2D eigenvalue weighted by atomic mass is 79.9. The number of nitrogens with one attached hydrogen (secondary N) is 1. The van der Waals surface area contributed by atoms with Gasteiger partial charge in [0, 0.05) is 15.8 Å². The average molecular weight is 378 g/mol. The molecule has 0 atom stereocenters. The molecule has 104 valence electrons. The first-order valence-corrected chi connectivity index (χ1v) is 6.94. The molecule has 0 unspecified atom stereocenters. The van der Waals surface area contributed by atoms with Crippen LogP contribution in [0.15, 0.2) is 34.8 Å². The maximum absolute atomic E-state index is 13.3. The number of hydrogen-bond donors (Lipinski definition) is 2. The van der Waals surface area contributed by atoms with Crippen LogP contribution in [0.5, 0.6) is 0 Å². The van der Waals surface area contributed by atoms with Gasteiger partial charge in [-0.1, -0.05) is 39.1 Å². The van der Waals surface area contributed by atoms with Crippen molar-refractivity contribution >= 4 is 56.4 Å². The largest absolute Gasteiger partial charge is 0.398 e. The molecule has 7 heteroatoms. The van der Waals surface area contributed by atoms with Crippen LogP contribution in [0.25, 0.3) is 0 Å². The molecule has 0 spiro atoms. The smallest absolute Gasteiger partial charge is 0.257 e. The lowest BCUT2D eigenvalue weighted by Crippen LogP contribution is -2.14. The molecule has 0 radical (unpaired) electrons. The van der Waals surface area contributed by atoms with E-state index in [0.29, 0.717) is 11.3 Å². The predicted molar refractivity (Wildman–Crippen MR) is 82.9 cm³/mol. The minimum Gasteiger partial charge on any atom is -0.398 e. The van der Waals surface area contributed by atoms with Crippen molar-refractivity contribution in [3.05, 3.63) is 56.2 Å². The Morgan fingerprint density at radius 3 is 2.35 bits per heavy atom. The van der Waals surface area contributed by atoms with Gasteiger partial charge in [-0.25, -0.2) is 4.39 Å². The summed E-state index contributed by atoms with van der Waals surface area (Å²) in [5.74, 6) is -1.16. The van der Waals surface area contributed by atoms with Crippen LogP contribution >= 0.6 is 39.1 Å². The van der Waals surface area contributed by atoms with E-state index in [1.807, 2.05) is 0 Å². The number of carbonyl (C=O) groups is 1. The molecule has 0 bridgehead atoms. The van der Waals surface area contributed by atoms with Gasteiger partial charge in [0.1, 0.15) is 0 Å². The van der Waals surface area contributed by atoms with Gasteiger partial charge in [0.25, 0.3) is 5.91 Å². The molecule has 3 N–H and O–H groups in total. The minimum atomic E-state index is -0.727. The Balaban J connectivity index is 2.28. The number of nitrogen functional groups attached to an aromatic ring is 1. The minimum absolute atomic E-state index is 0.170. The maximum Gasteiger partial charge on any atom is 0.257 e. The lowest BCUT2D eigenvalue weighted by atomic mass is 10.1. The second-order valence-electron chi connectivity index (χ2n) is 3.94. The van der Waals surface area contributed by atoms with Crippen LogP contribution in [-0.4, -0.2) is 5.91 Å². The van der Waals surface area contributed by atoms with Gasteiger partial charge < -0.3 is 11.1 Å². The van der Waals surface area contributed by atoms with Gasteiger partial charge in [0.15, 0.2) is 5.82 Å². The second kappa shape index (κ2) is 5.99. The third kappa shape index (κ3) is 3.23. The molecule has 0 heterocycles. The third-order valence-electron chi connectivity index (χ3n) is 2.50. The highest BCUT2D eigenvalue weighted by Gasteiger charge is 2.13. The van der Waals surface area contributed by atoms with Crippen LogP contribution in [-0.2, 0) is 0 Å². The molecule has 0 aliphatic carbocycles. The first-order chi connectivity index (χ1) is 9.38. The predicted octanol–water partition coefficient (Wildman–Crippen LogP) is 4.73. The Kier molecular flexibility index (Phi) is 4.52. The fourth-order valence-corrected chi connectivity index (χ4v) is 2.43. The number of hydrogen-bond acceptors (Lipinski definition) is 2. The number of rotatable bonds is 2. The van der Waals surface area contributed by atoms with Crippen LogP contribution < -0.4 is 11.1 Å². The lowest BCUT2D eigenvalue weighted by molar-refractivity contribution is 0.102. The summed E-state index contributed by atoms with van der Waals surface area (Å²) in [5, 5.41) is 2.22. The summed E-state index contributed by atoms with van der Waals surface area (Å²) >= 11 is 14.6. The highest BCUT2D eigenvalue weighted by molar-refractivity contribution is 9.10. The maximum atomic E-state index is 13.3. The Labute approximate surface area is 133 Å². The first-order valence-electron chi connectivity index (χ1n) is 5.39. The van der Waals surface area contributed by atoms with Crippen molar-refractivity contribution in [2.24, 2.45) is 0 Å². The summed E-state index contributed by atoms with van der Waals surface area (Å²) in [6, 6.07) is 7.42. The van der Waals surface area contributed by atoms with Crippen LogP contribution in [0.2, 0.25) is 10.0 Å². The van der Waals surface area contributed by atoms with E-state index in [0.717, 1.165) is 4.47 Å². The zero-order valence-corrected chi connectivity index (χ0v) is 13.0. The van der Waals surface area contributed by atoms with E-state index in [1.54, 1.807) is 18.2 Å². The van der Waals surface area contributed by atoms with Crippen molar-refractivity contribution in [3.63, 3.8) is 0 Å². The van der Waals surface area contributed by atoms with Gasteiger partial charge in [0.05, 0.1) is 15.6 Å². The standard InChI is InChI=1S/C13H8BrCl2FN2O/c14-6-1-2-8(11(18)3-6)13(20)19-7-4-9(15)12(17)10(16)5-7/h1-5H,18H2,(H,19,20). The van der Waals surface area contributed by atoms with Crippen molar-refractivity contribution in [2.45, 2.75) is 0 Å². The molecule has 3 nitrogen and oxygen atoms in total. The van der Waals surface area contributed by atoms with E-state index in [-0.39, 0.29) is 15.7 Å². The molecule has 0 saturated carbocycles. The number of halogens is 4. The van der Waals surface area contributed by atoms with Gasteiger partial charge >= 0.3 is 0 Å². The average Bonchev–Trinajstić information content (AvgIpc) is 2.35. The van der Waals surface area contributed by atoms with E-state index in [9.17, 15) is 9.18 Å². The fraction of sp³-hybridized carbons (Fsp3) is 0. The zero-order chi connectivity index (χ0) is 14.9. The summed E-state index contributed by atoms with van der Waals surface area (Å²) in [5.41, 5.74) is 6.65. The molecule has 2 aromatic rings. The molecular formula is C13H8BrCl2FN2O. The molecule has 0 aliphatic heterocycles. The molecule has 0 aromatic heterocycles.